The molecular formula is C18H19NO. The molecular weight excluding hydrogens is 246 g/mol. The maximum atomic E-state index is 9.44. The first kappa shape index (κ1) is 12.8. The maximum absolute atomic E-state index is 9.44. The number of hydrogen-bond donors (Lipinski definition) is 1. The van der Waals surface area contributed by atoms with E-state index in [9.17, 15) is 5.11 Å². The van der Waals surface area contributed by atoms with Gasteiger partial charge in [0, 0.05) is 30.6 Å². The predicted octanol–water partition coefficient (Wildman–Crippen LogP) is 3.68. The van der Waals surface area contributed by atoms with Gasteiger partial charge in [0.15, 0.2) is 0 Å². The van der Waals surface area contributed by atoms with Gasteiger partial charge in [-0.05, 0) is 24.3 Å². The second-order valence-electron chi connectivity index (χ2n) is 5.29. The van der Waals surface area contributed by atoms with E-state index < -0.39 is 0 Å². The fourth-order valence-electron chi connectivity index (χ4n) is 2.66. The van der Waals surface area contributed by atoms with Crippen LogP contribution in [0.1, 0.15) is 0 Å². The van der Waals surface area contributed by atoms with Gasteiger partial charge in [0.1, 0.15) is 5.75 Å². The summed E-state index contributed by atoms with van der Waals surface area (Å²) in [5.74, 6) is 1.26. The Bertz CT molecular complexity index is 512. The highest BCUT2D eigenvalue weighted by Gasteiger charge is 2.16. The maximum Gasteiger partial charge on any atom is 0.115 e. The van der Waals surface area contributed by atoms with Gasteiger partial charge in [0.25, 0.3) is 0 Å². The van der Waals surface area contributed by atoms with Crippen molar-refractivity contribution in [2.75, 3.05) is 18.0 Å². The van der Waals surface area contributed by atoms with Crippen LogP contribution in [0.2, 0.25) is 0 Å². The van der Waals surface area contributed by atoms with E-state index in [-0.39, 0.29) is 0 Å². The Morgan fingerprint density at radius 3 is 1.65 bits per heavy atom. The molecule has 0 atom stereocenters. The molecule has 0 bridgehead atoms. The minimum atomic E-state index is 0.315. The van der Waals surface area contributed by atoms with Crippen LogP contribution in [-0.2, 0) is 0 Å². The first-order chi connectivity index (χ1) is 9.81. The SMILES string of the molecule is Oc1ccc(N(CC2C=CC=C2)CC2C=CC=C2)cc1. The van der Waals surface area contributed by atoms with Gasteiger partial charge >= 0.3 is 0 Å². The van der Waals surface area contributed by atoms with Gasteiger partial charge in [-0.3, -0.25) is 0 Å². The third-order valence-corrected chi connectivity index (χ3v) is 3.73. The van der Waals surface area contributed by atoms with Crippen LogP contribution < -0.4 is 4.90 Å². The van der Waals surface area contributed by atoms with E-state index in [1.165, 1.54) is 0 Å². The second-order valence-corrected chi connectivity index (χ2v) is 5.29. The quantitative estimate of drug-likeness (QED) is 0.877. The molecule has 0 saturated heterocycles. The number of nitrogens with zero attached hydrogens (tertiary/aromatic N) is 1. The lowest BCUT2D eigenvalue weighted by molar-refractivity contribution is 0.475. The Morgan fingerprint density at radius 2 is 1.20 bits per heavy atom. The molecule has 1 N–H and O–H groups in total. The average Bonchev–Trinajstić information content (AvgIpc) is 3.12. The van der Waals surface area contributed by atoms with Gasteiger partial charge in [-0.2, -0.15) is 0 Å². The van der Waals surface area contributed by atoms with Crippen LogP contribution in [0.3, 0.4) is 0 Å². The minimum Gasteiger partial charge on any atom is -0.508 e. The molecule has 0 spiro atoms. The summed E-state index contributed by atoms with van der Waals surface area (Å²) in [6, 6.07) is 7.48. The monoisotopic (exact) mass is 265 g/mol. The third kappa shape index (κ3) is 3.02. The van der Waals surface area contributed by atoms with Crippen molar-refractivity contribution in [1.82, 2.24) is 0 Å². The normalized spacial score (nSPS) is 17.4. The van der Waals surface area contributed by atoms with Gasteiger partial charge in [0.2, 0.25) is 0 Å². The fourth-order valence-corrected chi connectivity index (χ4v) is 2.66. The van der Waals surface area contributed by atoms with Crippen LogP contribution in [0.25, 0.3) is 0 Å². The van der Waals surface area contributed by atoms with Gasteiger partial charge < -0.3 is 10.0 Å². The summed E-state index contributed by atoms with van der Waals surface area (Å²) in [5.41, 5.74) is 1.16. The van der Waals surface area contributed by atoms with E-state index in [2.05, 4.69) is 53.5 Å². The van der Waals surface area contributed by atoms with Crippen LogP contribution in [0.4, 0.5) is 5.69 Å². The number of allylic oxidation sites excluding steroid dienone is 4. The van der Waals surface area contributed by atoms with Crippen molar-refractivity contribution in [3.63, 3.8) is 0 Å². The zero-order valence-electron chi connectivity index (χ0n) is 11.4. The Kier molecular flexibility index (Phi) is 3.73. The number of anilines is 1. The van der Waals surface area contributed by atoms with E-state index in [1.807, 2.05) is 12.1 Å². The minimum absolute atomic E-state index is 0.315. The highest BCUT2D eigenvalue weighted by molar-refractivity contribution is 5.50. The second kappa shape index (κ2) is 5.83. The Labute approximate surface area is 120 Å². The number of rotatable bonds is 5. The van der Waals surface area contributed by atoms with Gasteiger partial charge in [-0.1, -0.05) is 48.6 Å². The van der Waals surface area contributed by atoms with Crippen molar-refractivity contribution in [3.8, 4) is 5.75 Å². The number of benzene rings is 1. The molecule has 2 aliphatic carbocycles. The summed E-state index contributed by atoms with van der Waals surface area (Å²) in [4.78, 5) is 2.38. The Morgan fingerprint density at radius 1 is 0.750 bits per heavy atom. The van der Waals surface area contributed by atoms with Gasteiger partial charge in [-0.15, -0.1) is 0 Å². The standard InChI is InChI=1S/C18H19NO/c20-18-11-9-17(10-12-18)19(13-15-5-1-2-6-15)14-16-7-3-4-8-16/h1-12,15-16,20H,13-14H2. The lowest BCUT2D eigenvalue weighted by Crippen LogP contribution is -2.31. The zero-order valence-corrected chi connectivity index (χ0v) is 11.4. The summed E-state index contributed by atoms with van der Waals surface area (Å²) in [6.07, 6.45) is 17.3. The number of phenols is 1. The summed E-state index contributed by atoms with van der Waals surface area (Å²) >= 11 is 0. The van der Waals surface area contributed by atoms with Crippen molar-refractivity contribution in [1.29, 1.82) is 0 Å². The fraction of sp³-hybridized carbons (Fsp3) is 0.222. The van der Waals surface area contributed by atoms with Gasteiger partial charge in [0.05, 0.1) is 0 Å². The molecule has 0 amide bonds. The Balaban J connectivity index is 1.76. The first-order valence-electron chi connectivity index (χ1n) is 7.05. The van der Waals surface area contributed by atoms with Crippen LogP contribution in [0.5, 0.6) is 5.75 Å². The van der Waals surface area contributed by atoms with Crippen molar-refractivity contribution < 1.29 is 5.11 Å². The van der Waals surface area contributed by atoms with Crippen LogP contribution in [0.15, 0.2) is 72.9 Å². The summed E-state index contributed by atoms with van der Waals surface area (Å²) in [6.45, 7) is 1.94. The van der Waals surface area contributed by atoms with E-state index in [1.54, 1.807) is 12.1 Å². The number of phenolic OH excluding ortho intramolecular Hbond substituents is 1. The summed E-state index contributed by atoms with van der Waals surface area (Å²) in [5, 5.41) is 9.44. The van der Waals surface area contributed by atoms with Crippen LogP contribution in [-0.4, -0.2) is 18.2 Å². The molecule has 0 radical (unpaired) electrons. The average molecular weight is 265 g/mol. The molecule has 0 aromatic heterocycles. The predicted molar refractivity (Wildman–Crippen MR) is 83.9 cm³/mol. The van der Waals surface area contributed by atoms with Gasteiger partial charge in [-0.25, -0.2) is 0 Å². The third-order valence-electron chi connectivity index (χ3n) is 3.73. The lowest BCUT2D eigenvalue weighted by Gasteiger charge is -2.28. The molecule has 0 saturated carbocycles. The first-order valence-corrected chi connectivity index (χ1v) is 7.05. The molecule has 1 aromatic carbocycles. The van der Waals surface area contributed by atoms with E-state index in [0.29, 0.717) is 17.6 Å². The largest absolute Gasteiger partial charge is 0.508 e. The molecule has 3 rings (SSSR count). The van der Waals surface area contributed by atoms with Crippen molar-refractivity contribution >= 4 is 5.69 Å². The van der Waals surface area contributed by atoms with Crippen LogP contribution in [0, 0.1) is 11.8 Å². The molecule has 20 heavy (non-hydrogen) atoms. The molecule has 2 aliphatic rings. The summed E-state index contributed by atoms with van der Waals surface area (Å²) in [7, 11) is 0. The molecule has 102 valence electrons. The molecule has 2 nitrogen and oxygen atoms in total. The lowest BCUT2D eigenvalue weighted by atomic mass is 10.1. The van der Waals surface area contributed by atoms with Crippen molar-refractivity contribution in [2.45, 2.75) is 0 Å². The molecule has 0 aliphatic heterocycles. The van der Waals surface area contributed by atoms with Crippen LogP contribution >= 0.6 is 0 Å². The smallest absolute Gasteiger partial charge is 0.115 e. The van der Waals surface area contributed by atoms with E-state index >= 15 is 0 Å². The summed E-state index contributed by atoms with van der Waals surface area (Å²) < 4.78 is 0. The molecule has 2 heteroatoms. The molecule has 1 aromatic rings. The molecule has 0 heterocycles. The molecule has 0 unspecified atom stereocenters. The Hall–Kier alpha value is -2.22. The topological polar surface area (TPSA) is 23.5 Å². The highest BCUT2D eigenvalue weighted by Crippen LogP contribution is 2.23. The highest BCUT2D eigenvalue weighted by atomic mass is 16.3. The number of hydrogen-bond acceptors (Lipinski definition) is 2. The molecule has 0 fully saturated rings. The van der Waals surface area contributed by atoms with Crippen molar-refractivity contribution in [2.24, 2.45) is 11.8 Å². The van der Waals surface area contributed by atoms with E-state index in [4.69, 9.17) is 0 Å². The number of aromatic hydroxyl groups is 1. The zero-order chi connectivity index (χ0) is 13.8. The van der Waals surface area contributed by atoms with E-state index in [0.717, 1.165) is 18.8 Å². The van der Waals surface area contributed by atoms with Crippen molar-refractivity contribution in [3.05, 3.63) is 72.9 Å².